The predicted molar refractivity (Wildman–Crippen MR) is 118 cm³/mol. The lowest BCUT2D eigenvalue weighted by atomic mass is 10.0. The Bertz CT molecular complexity index is 908. The molecular weight excluding hydrogens is 380 g/mol. The lowest BCUT2D eigenvalue weighted by Gasteiger charge is -2.33. The van der Waals surface area contributed by atoms with Crippen molar-refractivity contribution in [2.45, 2.75) is 46.6 Å². The number of carbonyl (C=O) groups excluding carboxylic acids is 2. The van der Waals surface area contributed by atoms with E-state index < -0.39 is 6.10 Å². The quantitative estimate of drug-likeness (QED) is 0.693. The van der Waals surface area contributed by atoms with E-state index >= 15 is 0 Å². The number of nitrogens with one attached hydrogen (secondary N) is 1. The summed E-state index contributed by atoms with van der Waals surface area (Å²) in [6.07, 6.45) is 1.00. The summed E-state index contributed by atoms with van der Waals surface area (Å²) in [5.41, 5.74) is 2.42. The average Bonchev–Trinajstić information content (AvgIpc) is 2.72. The maximum Gasteiger partial charge on any atom is 0.267 e. The number of carbonyl (C=O) groups is 2. The summed E-state index contributed by atoms with van der Waals surface area (Å²) in [5, 5.41) is 2.97. The number of rotatable bonds is 8. The molecule has 2 amide bonds. The van der Waals surface area contributed by atoms with E-state index in [9.17, 15) is 9.59 Å². The third kappa shape index (κ3) is 4.93. The third-order valence-corrected chi connectivity index (χ3v) is 5.36. The molecule has 0 fully saturated rings. The first-order valence-corrected chi connectivity index (χ1v) is 10.5. The van der Waals surface area contributed by atoms with Crippen LogP contribution >= 0.6 is 0 Å². The number of ether oxygens (including phenoxy) is 2. The maximum absolute atomic E-state index is 12.8. The van der Waals surface area contributed by atoms with Crippen LogP contribution in [0.15, 0.2) is 42.5 Å². The van der Waals surface area contributed by atoms with Gasteiger partial charge in [-0.15, -0.1) is 0 Å². The summed E-state index contributed by atoms with van der Waals surface area (Å²) >= 11 is 0. The van der Waals surface area contributed by atoms with Crippen molar-refractivity contribution in [3.63, 3.8) is 0 Å². The van der Waals surface area contributed by atoms with Crippen LogP contribution in [0.2, 0.25) is 0 Å². The summed E-state index contributed by atoms with van der Waals surface area (Å²) in [6.45, 7) is 8.49. The van der Waals surface area contributed by atoms with Crippen molar-refractivity contribution in [2.24, 2.45) is 5.92 Å². The number of nitrogens with zero attached hydrogens (tertiary/aromatic N) is 1. The van der Waals surface area contributed by atoms with E-state index in [1.165, 1.54) is 0 Å². The minimum absolute atomic E-state index is 0.00861. The topological polar surface area (TPSA) is 67.9 Å². The highest BCUT2D eigenvalue weighted by Crippen LogP contribution is 2.36. The molecule has 1 aliphatic heterocycles. The SMILES string of the molecule is CCC(CC)C(=O)Nc1ccc2c(c1)N(CCOc1cccc(C)c1)C(=O)C(C)O2. The van der Waals surface area contributed by atoms with Crippen molar-refractivity contribution >= 4 is 23.2 Å². The molecule has 2 aromatic rings. The smallest absolute Gasteiger partial charge is 0.267 e. The molecule has 0 aromatic heterocycles. The molecule has 1 atom stereocenters. The van der Waals surface area contributed by atoms with E-state index in [0.29, 0.717) is 30.3 Å². The maximum atomic E-state index is 12.8. The van der Waals surface area contributed by atoms with Crippen molar-refractivity contribution < 1.29 is 19.1 Å². The Kier molecular flexibility index (Phi) is 6.98. The van der Waals surface area contributed by atoms with Gasteiger partial charge in [0, 0.05) is 11.6 Å². The second-order valence-corrected chi connectivity index (χ2v) is 7.60. The Morgan fingerprint density at radius 1 is 1.20 bits per heavy atom. The van der Waals surface area contributed by atoms with Gasteiger partial charge in [-0.2, -0.15) is 0 Å². The van der Waals surface area contributed by atoms with Gasteiger partial charge in [0.05, 0.1) is 12.2 Å². The number of amides is 2. The highest BCUT2D eigenvalue weighted by atomic mass is 16.5. The predicted octanol–water partition coefficient (Wildman–Crippen LogP) is 4.56. The lowest BCUT2D eigenvalue weighted by molar-refractivity contribution is -0.125. The van der Waals surface area contributed by atoms with Crippen molar-refractivity contribution in [3.8, 4) is 11.5 Å². The van der Waals surface area contributed by atoms with E-state index in [1.807, 2.05) is 51.1 Å². The third-order valence-electron chi connectivity index (χ3n) is 5.36. The molecule has 1 N–H and O–H groups in total. The molecule has 30 heavy (non-hydrogen) atoms. The van der Waals surface area contributed by atoms with Gasteiger partial charge in [-0.25, -0.2) is 0 Å². The van der Waals surface area contributed by atoms with E-state index in [0.717, 1.165) is 24.2 Å². The zero-order chi connectivity index (χ0) is 21.7. The zero-order valence-electron chi connectivity index (χ0n) is 18.1. The fourth-order valence-electron chi connectivity index (χ4n) is 3.58. The van der Waals surface area contributed by atoms with Crippen LogP contribution in [0.5, 0.6) is 11.5 Å². The summed E-state index contributed by atoms with van der Waals surface area (Å²) < 4.78 is 11.6. The Hall–Kier alpha value is -3.02. The largest absolute Gasteiger partial charge is 0.492 e. The molecule has 0 radical (unpaired) electrons. The Morgan fingerprint density at radius 3 is 2.67 bits per heavy atom. The normalized spacial score (nSPS) is 15.6. The first-order chi connectivity index (χ1) is 14.4. The van der Waals surface area contributed by atoms with Crippen LogP contribution in [0.4, 0.5) is 11.4 Å². The summed E-state index contributed by atoms with van der Waals surface area (Å²) in [4.78, 5) is 26.9. The van der Waals surface area contributed by atoms with E-state index in [4.69, 9.17) is 9.47 Å². The second kappa shape index (κ2) is 9.65. The molecule has 0 bridgehead atoms. The van der Waals surface area contributed by atoms with Gasteiger partial charge in [-0.3, -0.25) is 9.59 Å². The molecule has 6 nitrogen and oxygen atoms in total. The molecular formula is C24H30N2O4. The number of benzene rings is 2. The van der Waals surface area contributed by atoms with Crippen LogP contribution in [0, 0.1) is 12.8 Å². The molecule has 1 aliphatic rings. The minimum Gasteiger partial charge on any atom is -0.492 e. The monoisotopic (exact) mass is 410 g/mol. The molecule has 6 heteroatoms. The van der Waals surface area contributed by atoms with Crippen LogP contribution in [0.25, 0.3) is 0 Å². The first kappa shape index (κ1) is 21.7. The fourth-order valence-corrected chi connectivity index (χ4v) is 3.58. The standard InChI is InChI=1S/C24H30N2O4/c1-5-18(6-2)23(27)25-19-10-11-22-21(15-19)26(24(28)17(4)30-22)12-13-29-20-9-7-8-16(3)14-20/h7-11,14-15,17-18H,5-6,12-13H2,1-4H3,(H,25,27). The van der Waals surface area contributed by atoms with Crippen molar-refractivity contribution in [1.82, 2.24) is 0 Å². The Morgan fingerprint density at radius 2 is 1.97 bits per heavy atom. The van der Waals surface area contributed by atoms with E-state index in [1.54, 1.807) is 24.0 Å². The number of anilines is 2. The molecule has 2 aromatic carbocycles. The van der Waals surface area contributed by atoms with Gasteiger partial charge in [0.1, 0.15) is 18.1 Å². The van der Waals surface area contributed by atoms with Crippen molar-refractivity contribution in [3.05, 3.63) is 48.0 Å². The molecule has 160 valence electrons. The van der Waals surface area contributed by atoms with Gasteiger partial charge in [-0.05, 0) is 62.6 Å². The van der Waals surface area contributed by atoms with Gasteiger partial charge < -0.3 is 19.7 Å². The van der Waals surface area contributed by atoms with Gasteiger partial charge in [-0.1, -0.05) is 26.0 Å². The van der Waals surface area contributed by atoms with Crippen molar-refractivity contribution in [1.29, 1.82) is 0 Å². The van der Waals surface area contributed by atoms with Crippen molar-refractivity contribution in [2.75, 3.05) is 23.4 Å². The number of aryl methyl sites for hydroxylation is 1. The fraction of sp³-hybridized carbons (Fsp3) is 0.417. The number of fused-ring (bicyclic) bond motifs is 1. The summed E-state index contributed by atoms with van der Waals surface area (Å²) in [7, 11) is 0. The molecule has 3 rings (SSSR count). The lowest BCUT2D eigenvalue weighted by Crippen LogP contribution is -2.46. The minimum atomic E-state index is -0.568. The van der Waals surface area contributed by atoms with E-state index in [2.05, 4.69) is 5.32 Å². The van der Waals surface area contributed by atoms with Crippen LogP contribution < -0.4 is 19.7 Å². The molecule has 1 unspecified atom stereocenters. The zero-order valence-corrected chi connectivity index (χ0v) is 18.1. The summed E-state index contributed by atoms with van der Waals surface area (Å²) in [5.74, 6) is 1.23. The van der Waals surface area contributed by atoms with Gasteiger partial charge in [0.15, 0.2) is 6.10 Å². The first-order valence-electron chi connectivity index (χ1n) is 10.5. The highest BCUT2D eigenvalue weighted by molar-refractivity contribution is 6.01. The highest BCUT2D eigenvalue weighted by Gasteiger charge is 2.31. The number of hydrogen-bond acceptors (Lipinski definition) is 4. The van der Waals surface area contributed by atoms with E-state index in [-0.39, 0.29) is 17.7 Å². The van der Waals surface area contributed by atoms with Crippen LogP contribution in [0.3, 0.4) is 0 Å². The molecule has 0 saturated heterocycles. The molecule has 0 spiro atoms. The van der Waals surface area contributed by atoms with Gasteiger partial charge in [0.2, 0.25) is 5.91 Å². The van der Waals surface area contributed by atoms with Crippen LogP contribution in [-0.2, 0) is 9.59 Å². The number of hydrogen-bond donors (Lipinski definition) is 1. The average molecular weight is 411 g/mol. The van der Waals surface area contributed by atoms with Gasteiger partial charge in [0.25, 0.3) is 5.91 Å². The molecule has 0 saturated carbocycles. The summed E-state index contributed by atoms with van der Waals surface area (Å²) in [6, 6.07) is 13.2. The second-order valence-electron chi connectivity index (χ2n) is 7.60. The van der Waals surface area contributed by atoms with Crippen LogP contribution in [0.1, 0.15) is 39.2 Å². The van der Waals surface area contributed by atoms with Crippen LogP contribution in [-0.4, -0.2) is 31.1 Å². The molecule has 1 heterocycles. The Balaban J connectivity index is 1.75. The molecule has 0 aliphatic carbocycles. The van der Waals surface area contributed by atoms with Gasteiger partial charge >= 0.3 is 0 Å². The Labute approximate surface area is 178 Å².